The summed E-state index contributed by atoms with van der Waals surface area (Å²) in [7, 11) is 0. The monoisotopic (exact) mass is 280 g/mol. The highest BCUT2D eigenvalue weighted by Crippen LogP contribution is 2.44. The van der Waals surface area contributed by atoms with E-state index >= 15 is 0 Å². The van der Waals surface area contributed by atoms with Crippen molar-refractivity contribution in [1.82, 2.24) is 0 Å². The first-order valence-corrected chi connectivity index (χ1v) is 6.98. The fourth-order valence-corrected chi connectivity index (χ4v) is 2.82. The molecule has 0 aliphatic heterocycles. The van der Waals surface area contributed by atoms with Crippen LogP contribution in [0.3, 0.4) is 0 Å². The van der Waals surface area contributed by atoms with E-state index in [0.717, 1.165) is 11.1 Å². The molecule has 21 heavy (non-hydrogen) atoms. The number of aliphatic hydroxyl groups is 1. The van der Waals surface area contributed by atoms with Crippen LogP contribution in [0.15, 0.2) is 60.2 Å². The number of aliphatic hydroxyl groups excluding tert-OH is 1. The summed E-state index contributed by atoms with van der Waals surface area (Å²) < 4.78 is 5.12. The number of fused-ring (bicyclic) bond motifs is 1. The van der Waals surface area contributed by atoms with Gasteiger partial charge < -0.3 is 9.84 Å². The molecule has 1 N–H and O–H groups in total. The maximum Gasteiger partial charge on any atom is 0.338 e. The molecule has 0 fully saturated rings. The molecule has 0 spiro atoms. The number of hydrogen-bond donors (Lipinski definition) is 1. The summed E-state index contributed by atoms with van der Waals surface area (Å²) in [6.07, 6.45) is 0. The highest BCUT2D eigenvalue weighted by molar-refractivity contribution is 6.01. The van der Waals surface area contributed by atoms with Crippen LogP contribution in [0.4, 0.5) is 0 Å². The minimum Gasteiger partial charge on any atom is -0.507 e. The lowest BCUT2D eigenvalue weighted by Gasteiger charge is -2.15. The second-order valence-electron chi connectivity index (χ2n) is 4.91. The third-order valence-electron chi connectivity index (χ3n) is 3.70. The number of benzene rings is 2. The Bertz CT molecular complexity index is 701. The van der Waals surface area contributed by atoms with E-state index in [1.807, 2.05) is 54.6 Å². The molecule has 0 saturated heterocycles. The maximum absolute atomic E-state index is 12.3. The zero-order chi connectivity index (χ0) is 14.8. The summed E-state index contributed by atoms with van der Waals surface area (Å²) in [5.41, 5.74) is 2.93. The van der Waals surface area contributed by atoms with Gasteiger partial charge in [-0.3, -0.25) is 0 Å². The van der Waals surface area contributed by atoms with Crippen LogP contribution in [0, 0.1) is 0 Å². The Morgan fingerprint density at radius 1 is 1.10 bits per heavy atom. The molecule has 1 aliphatic rings. The van der Waals surface area contributed by atoms with Crippen LogP contribution < -0.4 is 0 Å². The third-order valence-corrected chi connectivity index (χ3v) is 3.70. The van der Waals surface area contributed by atoms with Gasteiger partial charge in [-0.2, -0.15) is 0 Å². The molecule has 0 aromatic heterocycles. The zero-order valence-corrected chi connectivity index (χ0v) is 11.7. The van der Waals surface area contributed by atoms with E-state index in [0.29, 0.717) is 11.1 Å². The molecule has 2 aromatic carbocycles. The summed E-state index contributed by atoms with van der Waals surface area (Å²) in [5, 5.41) is 10.4. The Kier molecular flexibility index (Phi) is 3.48. The predicted octanol–water partition coefficient (Wildman–Crippen LogP) is 3.66. The van der Waals surface area contributed by atoms with Gasteiger partial charge in [0.2, 0.25) is 0 Å². The van der Waals surface area contributed by atoms with Gasteiger partial charge in [0.15, 0.2) is 0 Å². The quantitative estimate of drug-likeness (QED) is 0.873. The molecule has 0 heterocycles. The Morgan fingerprint density at radius 2 is 1.76 bits per heavy atom. The molecule has 106 valence electrons. The average Bonchev–Trinajstić information content (AvgIpc) is 2.82. The fourth-order valence-electron chi connectivity index (χ4n) is 2.82. The van der Waals surface area contributed by atoms with Gasteiger partial charge in [0, 0.05) is 11.5 Å². The lowest BCUT2D eigenvalue weighted by molar-refractivity contribution is -0.138. The van der Waals surface area contributed by atoms with Crippen molar-refractivity contribution in [2.75, 3.05) is 6.61 Å². The van der Waals surface area contributed by atoms with Crippen LogP contribution >= 0.6 is 0 Å². The van der Waals surface area contributed by atoms with Crippen LogP contribution in [-0.4, -0.2) is 17.7 Å². The largest absolute Gasteiger partial charge is 0.507 e. The van der Waals surface area contributed by atoms with Crippen molar-refractivity contribution in [2.45, 2.75) is 12.8 Å². The SMILES string of the molecule is CCOC(=O)C1=C(O)c2ccccc2C1c1ccccc1. The Morgan fingerprint density at radius 3 is 2.48 bits per heavy atom. The minimum atomic E-state index is -0.458. The molecule has 1 atom stereocenters. The van der Waals surface area contributed by atoms with Crippen molar-refractivity contribution in [3.8, 4) is 0 Å². The Labute approximate surface area is 123 Å². The molecule has 0 radical (unpaired) electrons. The summed E-state index contributed by atoms with van der Waals surface area (Å²) in [5.74, 6) is -0.709. The molecule has 3 nitrogen and oxygen atoms in total. The molecule has 3 heteroatoms. The van der Waals surface area contributed by atoms with E-state index in [9.17, 15) is 9.90 Å². The van der Waals surface area contributed by atoms with Crippen LogP contribution in [0.5, 0.6) is 0 Å². The van der Waals surface area contributed by atoms with Gasteiger partial charge in [-0.25, -0.2) is 4.79 Å². The number of hydrogen-bond acceptors (Lipinski definition) is 3. The van der Waals surface area contributed by atoms with Gasteiger partial charge in [0.1, 0.15) is 5.76 Å². The van der Waals surface area contributed by atoms with Crippen molar-refractivity contribution in [2.24, 2.45) is 0 Å². The Hall–Kier alpha value is -2.55. The minimum absolute atomic E-state index is 0.0258. The van der Waals surface area contributed by atoms with Gasteiger partial charge in [-0.1, -0.05) is 54.6 Å². The summed E-state index contributed by atoms with van der Waals surface area (Å²) in [4.78, 5) is 12.3. The number of carbonyl (C=O) groups is 1. The van der Waals surface area contributed by atoms with Crippen molar-refractivity contribution in [1.29, 1.82) is 0 Å². The fraction of sp³-hybridized carbons (Fsp3) is 0.167. The maximum atomic E-state index is 12.3. The highest BCUT2D eigenvalue weighted by atomic mass is 16.5. The van der Waals surface area contributed by atoms with E-state index in [1.165, 1.54) is 0 Å². The molecule has 0 saturated carbocycles. The van der Waals surface area contributed by atoms with Crippen LogP contribution in [0.2, 0.25) is 0 Å². The summed E-state index contributed by atoms with van der Waals surface area (Å²) in [6.45, 7) is 2.04. The van der Waals surface area contributed by atoms with E-state index in [-0.39, 0.29) is 18.3 Å². The summed E-state index contributed by atoms with van der Waals surface area (Å²) in [6, 6.07) is 17.2. The van der Waals surface area contributed by atoms with E-state index in [4.69, 9.17) is 4.74 Å². The van der Waals surface area contributed by atoms with Crippen molar-refractivity contribution >= 4 is 11.7 Å². The van der Waals surface area contributed by atoms with E-state index in [1.54, 1.807) is 6.92 Å². The average molecular weight is 280 g/mol. The van der Waals surface area contributed by atoms with E-state index < -0.39 is 5.97 Å². The number of carbonyl (C=O) groups excluding carboxylic acids is 1. The summed E-state index contributed by atoms with van der Waals surface area (Å²) >= 11 is 0. The molecular weight excluding hydrogens is 264 g/mol. The first-order valence-electron chi connectivity index (χ1n) is 6.98. The van der Waals surface area contributed by atoms with Gasteiger partial charge in [-0.15, -0.1) is 0 Å². The molecule has 0 amide bonds. The second kappa shape index (κ2) is 5.44. The van der Waals surface area contributed by atoms with Gasteiger partial charge >= 0.3 is 5.97 Å². The first kappa shape index (κ1) is 13.4. The van der Waals surface area contributed by atoms with Gasteiger partial charge in [0.25, 0.3) is 0 Å². The number of esters is 1. The predicted molar refractivity (Wildman–Crippen MR) is 80.9 cm³/mol. The van der Waals surface area contributed by atoms with Gasteiger partial charge in [-0.05, 0) is 18.1 Å². The third kappa shape index (κ3) is 2.21. The Balaban J connectivity index is 2.17. The second-order valence-corrected chi connectivity index (χ2v) is 4.91. The molecular formula is C18H16O3. The lowest BCUT2D eigenvalue weighted by atomic mass is 9.88. The first-order chi connectivity index (χ1) is 10.2. The zero-order valence-electron chi connectivity index (χ0n) is 11.7. The molecule has 1 unspecified atom stereocenters. The highest BCUT2D eigenvalue weighted by Gasteiger charge is 2.37. The molecule has 2 aromatic rings. The molecule has 0 bridgehead atoms. The van der Waals surface area contributed by atoms with Crippen molar-refractivity contribution < 1.29 is 14.6 Å². The number of ether oxygens (including phenoxy) is 1. The molecule has 1 aliphatic carbocycles. The van der Waals surface area contributed by atoms with E-state index in [2.05, 4.69) is 0 Å². The van der Waals surface area contributed by atoms with Crippen molar-refractivity contribution in [3.63, 3.8) is 0 Å². The topological polar surface area (TPSA) is 46.5 Å². The normalized spacial score (nSPS) is 16.7. The van der Waals surface area contributed by atoms with Crippen LogP contribution in [0.1, 0.15) is 29.5 Å². The molecule has 3 rings (SSSR count). The van der Waals surface area contributed by atoms with Crippen molar-refractivity contribution in [3.05, 3.63) is 76.9 Å². The standard InChI is InChI=1S/C18H16O3/c1-2-21-18(20)16-15(12-8-4-3-5-9-12)13-10-6-7-11-14(13)17(16)19/h3-11,15,19H,2H2,1H3. The lowest BCUT2D eigenvalue weighted by Crippen LogP contribution is -2.14. The van der Waals surface area contributed by atoms with Crippen LogP contribution in [0.25, 0.3) is 5.76 Å². The van der Waals surface area contributed by atoms with Crippen LogP contribution in [-0.2, 0) is 9.53 Å². The number of rotatable bonds is 3. The van der Waals surface area contributed by atoms with Gasteiger partial charge in [0.05, 0.1) is 12.2 Å². The smallest absolute Gasteiger partial charge is 0.338 e.